The number of aromatic nitrogens is 2. The van der Waals surface area contributed by atoms with Crippen LogP contribution in [0.4, 0.5) is 4.39 Å². The van der Waals surface area contributed by atoms with E-state index < -0.39 is 5.91 Å². The predicted octanol–water partition coefficient (Wildman–Crippen LogP) is 4.22. The van der Waals surface area contributed by atoms with Gasteiger partial charge in [-0.3, -0.25) is 10.0 Å². The van der Waals surface area contributed by atoms with E-state index in [1.165, 1.54) is 17.4 Å². The van der Waals surface area contributed by atoms with Gasteiger partial charge in [0, 0.05) is 16.0 Å². The molecule has 0 fully saturated rings. The molecule has 0 radical (unpaired) electrons. The highest BCUT2D eigenvalue weighted by Crippen LogP contribution is 2.35. The maximum Gasteiger partial charge on any atom is 0.274 e. The molecule has 5 nitrogen and oxygen atoms in total. The fourth-order valence-electron chi connectivity index (χ4n) is 2.60. The minimum absolute atomic E-state index is 0.264. The summed E-state index contributed by atoms with van der Waals surface area (Å²) in [5.74, 6) is -0.208. The maximum atomic E-state index is 13.9. The number of nitrogens with zero attached hydrogens (tertiary/aromatic N) is 1. The zero-order valence-electron chi connectivity index (χ0n) is 12.8. The number of hydrogen-bond acceptors (Lipinski definition) is 4. The first kappa shape index (κ1) is 15.5. The number of thiophene rings is 1. The molecule has 25 heavy (non-hydrogen) atoms. The molecule has 124 valence electrons. The number of aromatic amines is 1. The van der Waals surface area contributed by atoms with Crippen LogP contribution < -0.4 is 5.48 Å². The molecule has 7 heteroatoms. The first-order chi connectivity index (χ1) is 12.2. The van der Waals surface area contributed by atoms with E-state index in [1.807, 2.05) is 12.1 Å². The van der Waals surface area contributed by atoms with E-state index in [2.05, 4.69) is 9.97 Å². The summed E-state index contributed by atoms with van der Waals surface area (Å²) >= 11 is 1.43. The Bertz CT molecular complexity index is 1090. The Kier molecular flexibility index (Phi) is 3.79. The van der Waals surface area contributed by atoms with Crippen molar-refractivity contribution in [3.8, 4) is 21.1 Å². The van der Waals surface area contributed by atoms with Gasteiger partial charge in [0.05, 0.1) is 15.9 Å². The summed E-state index contributed by atoms with van der Waals surface area (Å²) in [6, 6.07) is 15.3. The van der Waals surface area contributed by atoms with E-state index in [0.717, 1.165) is 9.75 Å². The van der Waals surface area contributed by atoms with Crippen molar-refractivity contribution in [2.45, 2.75) is 0 Å². The monoisotopic (exact) mass is 353 g/mol. The number of halogens is 1. The molecule has 0 aliphatic carbocycles. The van der Waals surface area contributed by atoms with E-state index in [9.17, 15) is 9.18 Å². The number of carbonyl (C=O) groups excluding carboxylic acids is 1. The number of hydroxylamine groups is 1. The summed E-state index contributed by atoms with van der Waals surface area (Å²) in [7, 11) is 0. The van der Waals surface area contributed by atoms with Gasteiger partial charge >= 0.3 is 0 Å². The van der Waals surface area contributed by atoms with Gasteiger partial charge in [0.2, 0.25) is 0 Å². The molecule has 0 bridgehead atoms. The van der Waals surface area contributed by atoms with Crippen LogP contribution in [-0.2, 0) is 0 Å². The van der Waals surface area contributed by atoms with Crippen molar-refractivity contribution in [3.63, 3.8) is 0 Å². The topological polar surface area (TPSA) is 78.0 Å². The van der Waals surface area contributed by atoms with Crippen molar-refractivity contribution < 1.29 is 14.4 Å². The molecule has 1 amide bonds. The fourth-order valence-corrected chi connectivity index (χ4v) is 3.58. The van der Waals surface area contributed by atoms with E-state index >= 15 is 0 Å². The number of imidazole rings is 1. The summed E-state index contributed by atoms with van der Waals surface area (Å²) in [4.78, 5) is 20.8. The highest BCUT2D eigenvalue weighted by Gasteiger charge is 2.13. The number of fused-ring (bicyclic) bond motifs is 1. The summed E-state index contributed by atoms with van der Waals surface area (Å²) in [6.07, 6.45) is 0. The molecule has 4 aromatic rings. The first-order valence-corrected chi connectivity index (χ1v) is 8.26. The zero-order valence-corrected chi connectivity index (χ0v) is 13.6. The van der Waals surface area contributed by atoms with Gasteiger partial charge in [0.15, 0.2) is 0 Å². The summed E-state index contributed by atoms with van der Waals surface area (Å²) in [5, 5.41) is 8.72. The van der Waals surface area contributed by atoms with Crippen LogP contribution >= 0.6 is 11.3 Å². The van der Waals surface area contributed by atoms with Gasteiger partial charge in [-0.15, -0.1) is 11.3 Å². The smallest absolute Gasteiger partial charge is 0.274 e. The van der Waals surface area contributed by atoms with Gasteiger partial charge in [0.1, 0.15) is 11.6 Å². The van der Waals surface area contributed by atoms with Crippen molar-refractivity contribution >= 4 is 28.3 Å². The van der Waals surface area contributed by atoms with Crippen LogP contribution in [-0.4, -0.2) is 21.1 Å². The second-order valence-corrected chi connectivity index (χ2v) is 6.49. The number of rotatable bonds is 3. The number of amides is 1. The Morgan fingerprint density at radius 1 is 1.12 bits per heavy atom. The summed E-state index contributed by atoms with van der Waals surface area (Å²) in [6.45, 7) is 0. The number of H-pyrrole nitrogens is 1. The lowest BCUT2D eigenvalue weighted by Crippen LogP contribution is -2.18. The van der Waals surface area contributed by atoms with Crippen molar-refractivity contribution in [2.75, 3.05) is 0 Å². The Morgan fingerprint density at radius 2 is 1.92 bits per heavy atom. The van der Waals surface area contributed by atoms with Crippen molar-refractivity contribution in [1.82, 2.24) is 15.4 Å². The van der Waals surface area contributed by atoms with Gasteiger partial charge in [-0.1, -0.05) is 18.2 Å². The van der Waals surface area contributed by atoms with Gasteiger partial charge < -0.3 is 4.98 Å². The van der Waals surface area contributed by atoms with Crippen LogP contribution in [0.2, 0.25) is 0 Å². The molecule has 0 unspecified atom stereocenters. The third kappa shape index (κ3) is 2.79. The summed E-state index contributed by atoms with van der Waals surface area (Å²) in [5.41, 5.74) is 3.86. The SMILES string of the molecule is O=C(NO)c1ccc2nc(-c3ccc(-c4ccccc4F)s3)[nH]c2c1. The Hall–Kier alpha value is -3.03. The lowest BCUT2D eigenvalue weighted by molar-refractivity contribution is 0.0706. The Labute approximate surface area is 145 Å². The number of carbonyl (C=O) groups is 1. The van der Waals surface area contributed by atoms with E-state index in [0.29, 0.717) is 28.0 Å². The van der Waals surface area contributed by atoms with Crippen molar-refractivity contribution in [3.05, 3.63) is 66.0 Å². The van der Waals surface area contributed by atoms with Gasteiger partial charge in [0.25, 0.3) is 5.91 Å². The number of nitrogens with one attached hydrogen (secondary N) is 2. The Morgan fingerprint density at radius 3 is 2.72 bits per heavy atom. The minimum atomic E-state index is -0.587. The van der Waals surface area contributed by atoms with Crippen molar-refractivity contribution in [2.24, 2.45) is 0 Å². The number of hydrogen-bond donors (Lipinski definition) is 3. The second kappa shape index (κ2) is 6.12. The van der Waals surface area contributed by atoms with Gasteiger partial charge in [-0.2, -0.15) is 0 Å². The standard InChI is InChI=1S/C18H12FN3O2S/c19-12-4-2-1-3-11(12)15-7-8-16(25-15)17-20-13-6-5-10(18(23)22-24)9-14(13)21-17/h1-9,24H,(H,20,21)(H,22,23). The minimum Gasteiger partial charge on any atom is -0.337 e. The molecule has 0 spiro atoms. The molecule has 2 aromatic heterocycles. The van der Waals surface area contributed by atoms with Crippen LogP contribution in [0.5, 0.6) is 0 Å². The lowest BCUT2D eigenvalue weighted by Gasteiger charge is -1.98. The molecule has 3 N–H and O–H groups in total. The van der Waals surface area contributed by atoms with E-state index in [1.54, 1.807) is 41.9 Å². The van der Waals surface area contributed by atoms with Gasteiger partial charge in [-0.25, -0.2) is 14.9 Å². The molecule has 0 aliphatic heterocycles. The second-order valence-electron chi connectivity index (χ2n) is 5.40. The largest absolute Gasteiger partial charge is 0.337 e. The van der Waals surface area contributed by atoms with E-state index in [4.69, 9.17) is 5.21 Å². The van der Waals surface area contributed by atoms with Crippen LogP contribution in [0.25, 0.3) is 32.2 Å². The Balaban J connectivity index is 1.73. The quantitative estimate of drug-likeness (QED) is 0.381. The highest BCUT2D eigenvalue weighted by molar-refractivity contribution is 7.18. The molecule has 0 aliphatic rings. The van der Waals surface area contributed by atoms with Crippen LogP contribution in [0.3, 0.4) is 0 Å². The normalized spacial score (nSPS) is 11.0. The first-order valence-electron chi connectivity index (χ1n) is 7.45. The summed E-state index contributed by atoms with van der Waals surface area (Å²) < 4.78 is 13.9. The maximum absolute atomic E-state index is 13.9. The predicted molar refractivity (Wildman–Crippen MR) is 94.1 cm³/mol. The number of benzene rings is 2. The fraction of sp³-hybridized carbons (Fsp3) is 0. The zero-order chi connectivity index (χ0) is 17.4. The lowest BCUT2D eigenvalue weighted by atomic mass is 10.2. The molecular weight excluding hydrogens is 341 g/mol. The van der Waals surface area contributed by atoms with Crippen molar-refractivity contribution in [1.29, 1.82) is 0 Å². The highest BCUT2D eigenvalue weighted by atomic mass is 32.1. The molecule has 2 heterocycles. The van der Waals surface area contributed by atoms with Crippen LogP contribution in [0.1, 0.15) is 10.4 Å². The third-order valence-electron chi connectivity index (χ3n) is 3.82. The molecular formula is C18H12FN3O2S. The van der Waals surface area contributed by atoms with E-state index in [-0.39, 0.29) is 5.82 Å². The molecule has 0 saturated heterocycles. The molecule has 0 saturated carbocycles. The van der Waals surface area contributed by atoms with Crippen LogP contribution in [0, 0.1) is 5.82 Å². The third-order valence-corrected chi connectivity index (χ3v) is 4.95. The molecule has 4 rings (SSSR count). The van der Waals surface area contributed by atoms with Crippen LogP contribution in [0.15, 0.2) is 54.6 Å². The average Bonchev–Trinajstić information content (AvgIpc) is 3.27. The molecule has 2 aromatic carbocycles. The van der Waals surface area contributed by atoms with Gasteiger partial charge in [-0.05, 0) is 36.4 Å². The molecule has 0 atom stereocenters. The average molecular weight is 353 g/mol.